The quantitative estimate of drug-likeness (QED) is 0.631. The van der Waals surface area contributed by atoms with Crippen LogP contribution in [0.25, 0.3) is 5.65 Å². The van der Waals surface area contributed by atoms with E-state index in [1.165, 1.54) is 11.8 Å². The zero-order chi connectivity index (χ0) is 22.1. The topological polar surface area (TPSA) is 92.8 Å². The predicted molar refractivity (Wildman–Crippen MR) is 114 cm³/mol. The van der Waals surface area contributed by atoms with Crippen molar-refractivity contribution in [1.82, 2.24) is 19.5 Å². The Kier molecular flexibility index (Phi) is 5.51. The van der Waals surface area contributed by atoms with Gasteiger partial charge >= 0.3 is 0 Å². The highest BCUT2D eigenvalue weighted by Gasteiger charge is 2.23. The van der Waals surface area contributed by atoms with Crippen LogP contribution in [0.15, 0.2) is 18.3 Å². The van der Waals surface area contributed by atoms with Crippen LogP contribution in [0.2, 0.25) is 0 Å². The van der Waals surface area contributed by atoms with E-state index in [0.717, 1.165) is 28.9 Å². The molecular weight excluding hydrogens is 394 g/mol. The van der Waals surface area contributed by atoms with Gasteiger partial charge in [-0.25, -0.2) is 9.50 Å². The molecule has 0 saturated carbocycles. The number of hydrogen-bond donors (Lipinski definition) is 0. The van der Waals surface area contributed by atoms with Gasteiger partial charge in [0.05, 0.1) is 20.4 Å². The minimum atomic E-state index is 0.109. The number of amides is 1. The van der Waals surface area contributed by atoms with E-state index < -0.39 is 0 Å². The second-order valence-electron chi connectivity index (χ2n) is 7.71. The van der Waals surface area contributed by atoms with Gasteiger partial charge in [-0.1, -0.05) is 0 Å². The van der Waals surface area contributed by atoms with E-state index in [4.69, 9.17) is 9.47 Å². The van der Waals surface area contributed by atoms with E-state index in [1.807, 2.05) is 30.9 Å². The lowest BCUT2D eigenvalue weighted by Gasteiger charge is -2.30. The van der Waals surface area contributed by atoms with Gasteiger partial charge in [-0.05, 0) is 55.5 Å². The zero-order valence-electron chi connectivity index (χ0n) is 18.2. The first-order valence-corrected chi connectivity index (χ1v) is 10.2. The number of methoxy groups -OCH3 is 2. The summed E-state index contributed by atoms with van der Waals surface area (Å²) in [7, 11) is 3.24. The number of nitrogens with zero attached hydrogens (tertiary/aromatic N) is 5. The summed E-state index contributed by atoms with van der Waals surface area (Å²) in [4.78, 5) is 19.4. The first kappa shape index (κ1) is 20.7. The molecule has 1 amide bonds. The lowest BCUT2D eigenvalue weighted by atomic mass is 9.98. The highest BCUT2D eigenvalue weighted by atomic mass is 16.5. The molecule has 8 nitrogen and oxygen atoms in total. The fourth-order valence-electron chi connectivity index (χ4n) is 4.24. The highest BCUT2D eigenvalue weighted by Crippen LogP contribution is 2.33. The predicted octanol–water partition coefficient (Wildman–Crippen LogP) is 2.75. The third kappa shape index (κ3) is 3.67. The molecule has 4 rings (SSSR count). The van der Waals surface area contributed by atoms with E-state index in [1.54, 1.807) is 18.7 Å². The number of aromatic nitrogens is 3. The summed E-state index contributed by atoms with van der Waals surface area (Å²) in [6.07, 6.45) is 3.29. The van der Waals surface area contributed by atoms with Crippen LogP contribution in [0.4, 0.5) is 0 Å². The maximum atomic E-state index is 13.0. The van der Waals surface area contributed by atoms with Crippen molar-refractivity contribution in [1.29, 1.82) is 5.26 Å². The molecule has 0 saturated heterocycles. The Morgan fingerprint density at radius 1 is 1.19 bits per heavy atom. The monoisotopic (exact) mass is 419 g/mol. The van der Waals surface area contributed by atoms with Gasteiger partial charge in [0.15, 0.2) is 17.1 Å². The summed E-state index contributed by atoms with van der Waals surface area (Å²) in [6, 6.07) is 6.08. The van der Waals surface area contributed by atoms with Crippen molar-refractivity contribution >= 4 is 11.6 Å². The van der Waals surface area contributed by atoms with E-state index in [2.05, 4.69) is 16.2 Å². The van der Waals surface area contributed by atoms with Gasteiger partial charge in [0.1, 0.15) is 11.6 Å². The lowest BCUT2D eigenvalue weighted by molar-refractivity contribution is -0.132. The molecule has 3 aromatic rings. The number of carbonyl (C=O) groups is 1. The number of benzene rings is 1. The SMILES string of the molecule is COc1cc2c(cc1OC)CN(C(=O)CCc1c(C)nc3c(C#N)cnn3c1C)CC2. The number of hydrogen-bond acceptors (Lipinski definition) is 6. The molecule has 0 unspecified atom stereocenters. The van der Waals surface area contributed by atoms with Crippen LogP contribution < -0.4 is 9.47 Å². The Bertz CT molecular complexity index is 1210. The number of aryl methyl sites for hydroxylation is 2. The lowest BCUT2D eigenvalue weighted by Crippen LogP contribution is -2.36. The number of carbonyl (C=O) groups excluding carboxylic acids is 1. The van der Waals surface area contributed by atoms with Crippen molar-refractivity contribution in [3.8, 4) is 17.6 Å². The molecule has 0 aliphatic carbocycles. The molecule has 0 radical (unpaired) electrons. The summed E-state index contributed by atoms with van der Waals surface area (Å²) < 4.78 is 12.5. The third-order valence-corrected chi connectivity index (χ3v) is 5.99. The Morgan fingerprint density at radius 2 is 1.90 bits per heavy atom. The highest BCUT2D eigenvalue weighted by molar-refractivity contribution is 5.77. The molecule has 0 atom stereocenters. The summed E-state index contributed by atoms with van der Waals surface area (Å²) >= 11 is 0. The fraction of sp³-hybridized carbons (Fsp3) is 0.391. The van der Waals surface area contributed by atoms with Crippen molar-refractivity contribution in [3.05, 3.63) is 52.0 Å². The minimum absolute atomic E-state index is 0.109. The standard InChI is InChI=1S/C23H25N5O3/c1-14-19(15(2)28-23(26-14)18(11-24)12-25-28)5-6-22(29)27-8-7-16-9-20(30-3)21(31-4)10-17(16)13-27/h9-10,12H,5-8,13H2,1-4H3. The fourth-order valence-corrected chi connectivity index (χ4v) is 4.24. The molecule has 0 spiro atoms. The Labute approximate surface area is 181 Å². The Hall–Kier alpha value is -3.60. The molecule has 1 aromatic carbocycles. The zero-order valence-corrected chi connectivity index (χ0v) is 18.2. The Balaban J connectivity index is 1.50. The smallest absolute Gasteiger partial charge is 0.223 e. The Morgan fingerprint density at radius 3 is 2.58 bits per heavy atom. The van der Waals surface area contributed by atoms with Crippen molar-refractivity contribution < 1.29 is 14.3 Å². The molecular formula is C23H25N5O3. The van der Waals surface area contributed by atoms with Crippen LogP contribution in [0, 0.1) is 25.2 Å². The maximum absolute atomic E-state index is 13.0. The van der Waals surface area contributed by atoms with Gasteiger partial charge in [0, 0.05) is 30.9 Å². The minimum Gasteiger partial charge on any atom is -0.493 e. The summed E-state index contributed by atoms with van der Waals surface area (Å²) in [5.74, 6) is 1.50. The van der Waals surface area contributed by atoms with E-state index in [9.17, 15) is 10.1 Å². The second-order valence-corrected chi connectivity index (χ2v) is 7.71. The van der Waals surface area contributed by atoms with Crippen molar-refractivity contribution in [2.24, 2.45) is 0 Å². The van der Waals surface area contributed by atoms with Gasteiger partial charge in [-0.3, -0.25) is 4.79 Å². The molecule has 3 heterocycles. The van der Waals surface area contributed by atoms with Crippen LogP contribution >= 0.6 is 0 Å². The summed E-state index contributed by atoms with van der Waals surface area (Å²) in [5.41, 5.74) is 6.03. The van der Waals surface area contributed by atoms with Crippen LogP contribution in [-0.4, -0.2) is 46.2 Å². The first-order chi connectivity index (χ1) is 15.0. The number of ether oxygens (including phenoxy) is 2. The first-order valence-electron chi connectivity index (χ1n) is 10.2. The van der Waals surface area contributed by atoms with Gasteiger partial charge in [0.25, 0.3) is 0 Å². The van der Waals surface area contributed by atoms with Crippen LogP contribution in [0.3, 0.4) is 0 Å². The molecule has 0 N–H and O–H groups in total. The van der Waals surface area contributed by atoms with Crippen molar-refractivity contribution in [2.75, 3.05) is 20.8 Å². The number of nitriles is 1. The molecule has 0 fully saturated rings. The van der Waals surface area contributed by atoms with Gasteiger partial charge in [-0.15, -0.1) is 0 Å². The largest absolute Gasteiger partial charge is 0.493 e. The normalized spacial score (nSPS) is 13.1. The van der Waals surface area contributed by atoms with Gasteiger partial charge < -0.3 is 14.4 Å². The van der Waals surface area contributed by atoms with E-state index in [-0.39, 0.29) is 5.91 Å². The molecule has 2 aromatic heterocycles. The summed E-state index contributed by atoms with van der Waals surface area (Å²) in [6.45, 7) is 5.11. The average Bonchev–Trinajstić information content (AvgIpc) is 3.20. The maximum Gasteiger partial charge on any atom is 0.223 e. The van der Waals surface area contributed by atoms with Crippen molar-refractivity contribution in [2.45, 2.75) is 39.7 Å². The molecule has 160 valence electrons. The average molecular weight is 419 g/mol. The molecule has 0 bridgehead atoms. The summed E-state index contributed by atoms with van der Waals surface area (Å²) in [5, 5.41) is 13.5. The molecule has 8 heteroatoms. The van der Waals surface area contributed by atoms with E-state index in [0.29, 0.717) is 48.6 Å². The van der Waals surface area contributed by atoms with Crippen LogP contribution in [0.5, 0.6) is 11.5 Å². The number of rotatable bonds is 5. The molecule has 1 aliphatic rings. The van der Waals surface area contributed by atoms with Crippen LogP contribution in [0.1, 0.15) is 40.1 Å². The number of fused-ring (bicyclic) bond motifs is 2. The van der Waals surface area contributed by atoms with Crippen LogP contribution in [-0.2, 0) is 24.2 Å². The molecule has 31 heavy (non-hydrogen) atoms. The van der Waals surface area contributed by atoms with E-state index >= 15 is 0 Å². The second kappa shape index (κ2) is 8.26. The van der Waals surface area contributed by atoms with Gasteiger partial charge in [0.2, 0.25) is 5.91 Å². The van der Waals surface area contributed by atoms with Crippen molar-refractivity contribution in [3.63, 3.8) is 0 Å². The third-order valence-electron chi connectivity index (χ3n) is 5.99. The van der Waals surface area contributed by atoms with Gasteiger partial charge in [-0.2, -0.15) is 10.4 Å². The molecule has 1 aliphatic heterocycles.